The molecule has 51 heavy (non-hydrogen) atoms. The second-order valence-corrected chi connectivity index (χ2v) is 23.3. The van der Waals surface area contributed by atoms with E-state index in [4.69, 9.17) is 14.1 Å². The molecule has 0 saturated heterocycles. The second kappa shape index (κ2) is 16.6. The Morgan fingerprint density at radius 1 is 1.00 bits per heavy atom. The lowest BCUT2D eigenvalue weighted by atomic mass is 9.86. The first-order valence-electron chi connectivity index (χ1n) is 17.6. The van der Waals surface area contributed by atoms with Gasteiger partial charge in [0.05, 0.1) is 27.5 Å². The highest BCUT2D eigenvalue weighted by Crippen LogP contribution is 2.41. The zero-order valence-electron chi connectivity index (χ0n) is 31.4. The molecule has 4 rings (SSSR count). The Bertz CT molecular complexity index is 1750. The number of carbonyl (C=O) groups is 2. The molecule has 14 heteroatoms. The van der Waals surface area contributed by atoms with Crippen LogP contribution >= 0.6 is 11.3 Å². The van der Waals surface area contributed by atoms with E-state index in [1.54, 1.807) is 18.3 Å². The van der Waals surface area contributed by atoms with Gasteiger partial charge >= 0.3 is 12.1 Å². The normalized spacial score (nSPS) is 17.2. The molecule has 1 aliphatic rings. The molecule has 280 valence electrons. The Balaban J connectivity index is 1.56. The number of anilines is 1. The third-order valence-electron chi connectivity index (χ3n) is 9.37. The topological polar surface area (TPSA) is 148 Å². The van der Waals surface area contributed by atoms with Gasteiger partial charge in [-0.2, -0.15) is 0 Å². The SMILES string of the molecule is CC(C)OC(=O)NC1CCC(c2ncc(-c3ccc(NC(=O)NCc4ccccc4)cc3S(=O)(=O)NC(C)(C)CO[Si](C)(C)C(C)(C)C)s2)CC1. The second-order valence-electron chi connectivity index (χ2n) is 15.8. The van der Waals surface area contributed by atoms with Crippen molar-refractivity contribution in [3.63, 3.8) is 0 Å². The monoisotopic (exact) mass is 757 g/mol. The molecule has 1 aliphatic carbocycles. The zero-order chi connectivity index (χ0) is 37.6. The van der Waals surface area contributed by atoms with Crippen molar-refractivity contribution in [2.24, 2.45) is 0 Å². The van der Waals surface area contributed by atoms with Crippen LogP contribution in [0, 0.1) is 0 Å². The molecule has 3 amide bonds. The van der Waals surface area contributed by atoms with Crippen molar-refractivity contribution < 1.29 is 27.2 Å². The molecule has 0 unspecified atom stereocenters. The summed E-state index contributed by atoms with van der Waals surface area (Å²) in [6.45, 7) is 18.5. The van der Waals surface area contributed by atoms with Crippen LogP contribution in [0.3, 0.4) is 0 Å². The summed E-state index contributed by atoms with van der Waals surface area (Å²) < 4.78 is 43.1. The first-order valence-corrected chi connectivity index (χ1v) is 22.8. The summed E-state index contributed by atoms with van der Waals surface area (Å²) in [6, 6.07) is 14.1. The molecule has 1 aromatic heterocycles. The molecule has 0 aliphatic heterocycles. The number of benzene rings is 2. The van der Waals surface area contributed by atoms with Gasteiger partial charge in [-0.25, -0.2) is 27.7 Å². The minimum absolute atomic E-state index is 0.0323. The molecule has 0 atom stereocenters. The summed E-state index contributed by atoms with van der Waals surface area (Å²) in [7, 11) is -6.26. The largest absolute Gasteiger partial charge is 0.447 e. The van der Waals surface area contributed by atoms with Gasteiger partial charge in [0.1, 0.15) is 0 Å². The number of hydrogen-bond donors (Lipinski definition) is 4. The molecular formula is C37H55N5O6S2Si. The van der Waals surface area contributed by atoms with E-state index in [9.17, 15) is 18.0 Å². The minimum Gasteiger partial charge on any atom is -0.447 e. The maximum Gasteiger partial charge on any atom is 0.407 e. The fourth-order valence-corrected chi connectivity index (χ4v) is 9.50. The Labute approximate surface area is 308 Å². The first-order chi connectivity index (χ1) is 23.7. The number of sulfonamides is 1. The number of nitrogens with one attached hydrogen (secondary N) is 4. The van der Waals surface area contributed by atoms with E-state index in [2.05, 4.69) is 54.5 Å². The van der Waals surface area contributed by atoms with E-state index >= 15 is 0 Å². The Hall–Kier alpha value is -3.30. The maximum absolute atomic E-state index is 14.3. The van der Waals surface area contributed by atoms with Crippen LogP contribution in [-0.2, 0) is 25.7 Å². The smallest absolute Gasteiger partial charge is 0.407 e. The van der Waals surface area contributed by atoms with Gasteiger partial charge in [0.2, 0.25) is 10.0 Å². The van der Waals surface area contributed by atoms with Gasteiger partial charge in [0.15, 0.2) is 8.32 Å². The van der Waals surface area contributed by atoms with Crippen molar-refractivity contribution in [3.8, 4) is 10.4 Å². The third-order valence-corrected chi connectivity index (χ3v) is 16.8. The molecule has 11 nitrogen and oxygen atoms in total. The average molecular weight is 758 g/mol. The molecule has 1 fully saturated rings. The highest BCUT2D eigenvalue weighted by atomic mass is 32.2. The number of hydrogen-bond acceptors (Lipinski definition) is 8. The van der Waals surface area contributed by atoms with E-state index in [1.165, 1.54) is 17.4 Å². The summed E-state index contributed by atoms with van der Waals surface area (Å²) in [5.74, 6) is 0.196. The number of amides is 3. The fraction of sp³-hybridized carbons (Fsp3) is 0.541. The van der Waals surface area contributed by atoms with Crippen LogP contribution in [0.1, 0.15) is 90.6 Å². The van der Waals surface area contributed by atoms with E-state index in [1.807, 2.05) is 58.0 Å². The quantitative estimate of drug-likeness (QED) is 0.128. The standard InChI is InChI=1S/C37H55N5O6S2Si/c1-25(2)48-35(44)41-28-17-15-27(16-18-28)33-38-23-31(49-33)30-20-19-29(40-34(43)39-22-26-13-11-10-12-14-26)21-32(30)50(45,46)42-37(6,7)24-47-51(8,9)36(3,4)5/h10-14,19-21,23,25,27-28,42H,15-18,22,24H2,1-9H3,(H,41,44)(H2,39,40,43). The predicted octanol–water partition coefficient (Wildman–Crippen LogP) is 8.37. The van der Waals surface area contributed by atoms with Crippen LogP contribution in [-0.4, -0.2) is 58.1 Å². The number of carbonyl (C=O) groups excluding carboxylic acids is 2. The van der Waals surface area contributed by atoms with E-state index in [-0.39, 0.29) is 34.6 Å². The molecular weight excluding hydrogens is 703 g/mol. The van der Waals surface area contributed by atoms with Gasteiger partial charge in [0.25, 0.3) is 0 Å². The van der Waals surface area contributed by atoms with Crippen molar-refractivity contribution in [2.45, 2.75) is 127 Å². The fourth-order valence-electron chi connectivity index (χ4n) is 5.51. The maximum atomic E-state index is 14.3. The van der Waals surface area contributed by atoms with E-state index in [0.29, 0.717) is 22.7 Å². The molecule has 0 bridgehead atoms. The molecule has 1 saturated carbocycles. The number of nitrogens with zero attached hydrogens (tertiary/aromatic N) is 1. The number of ether oxygens (including phenoxy) is 1. The number of aromatic nitrogens is 1. The predicted molar refractivity (Wildman–Crippen MR) is 207 cm³/mol. The van der Waals surface area contributed by atoms with E-state index < -0.39 is 36.0 Å². The van der Waals surface area contributed by atoms with Gasteiger partial charge in [-0.3, -0.25) is 0 Å². The lowest BCUT2D eigenvalue weighted by Crippen LogP contribution is -2.51. The molecule has 3 aromatic rings. The molecule has 2 aromatic carbocycles. The molecule has 1 heterocycles. The Morgan fingerprint density at radius 3 is 2.29 bits per heavy atom. The summed E-state index contributed by atoms with van der Waals surface area (Å²) in [6.07, 6.45) is 4.44. The van der Waals surface area contributed by atoms with Crippen molar-refractivity contribution in [1.82, 2.24) is 20.3 Å². The lowest BCUT2D eigenvalue weighted by Gasteiger charge is -2.39. The van der Waals surface area contributed by atoms with Crippen LogP contribution in [0.4, 0.5) is 15.3 Å². The number of thiazole rings is 1. The van der Waals surface area contributed by atoms with Crippen LogP contribution in [0.15, 0.2) is 59.6 Å². The van der Waals surface area contributed by atoms with Gasteiger partial charge in [-0.15, -0.1) is 11.3 Å². The summed E-state index contributed by atoms with van der Waals surface area (Å²) in [5.41, 5.74) is 0.854. The van der Waals surface area contributed by atoms with Gasteiger partial charge in [-0.05, 0) is 89.2 Å². The van der Waals surface area contributed by atoms with Gasteiger partial charge in [-0.1, -0.05) is 57.2 Å². The van der Waals surface area contributed by atoms with Crippen LogP contribution in [0.5, 0.6) is 0 Å². The van der Waals surface area contributed by atoms with Crippen molar-refractivity contribution in [1.29, 1.82) is 0 Å². The summed E-state index contributed by atoms with van der Waals surface area (Å²) >= 11 is 1.47. The highest BCUT2D eigenvalue weighted by Gasteiger charge is 2.39. The van der Waals surface area contributed by atoms with Crippen LogP contribution < -0.4 is 20.7 Å². The lowest BCUT2D eigenvalue weighted by molar-refractivity contribution is 0.109. The van der Waals surface area contributed by atoms with Gasteiger partial charge in [0, 0.05) is 41.5 Å². The Kier molecular flexibility index (Phi) is 13.2. The Morgan fingerprint density at radius 2 is 1.67 bits per heavy atom. The van der Waals surface area contributed by atoms with Crippen LogP contribution in [0.25, 0.3) is 10.4 Å². The van der Waals surface area contributed by atoms with Crippen LogP contribution in [0.2, 0.25) is 18.1 Å². The minimum atomic E-state index is -4.12. The van der Waals surface area contributed by atoms with Crippen molar-refractivity contribution >= 4 is 47.5 Å². The van der Waals surface area contributed by atoms with E-state index in [0.717, 1.165) is 36.3 Å². The zero-order valence-corrected chi connectivity index (χ0v) is 34.0. The molecule has 0 radical (unpaired) electrons. The number of rotatable bonds is 13. The highest BCUT2D eigenvalue weighted by molar-refractivity contribution is 7.89. The van der Waals surface area contributed by atoms with Gasteiger partial charge < -0.3 is 25.1 Å². The summed E-state index contributed by atoms with van der Waals surface area (Å²) in [5, 5.41) is 9.48. The van der Waals surface area contributed by atoms with Crippen molar-refractivity contribution in [2.75, 3.05) is 11.9 Å². The summed E-state index contributed by atoms with van der Waals surface area (Å²) in [4.78, 5) is 30.4. The molecule has 4 N–H and O–H groups in total. The number of alkyl carbamates (subject to hydrolysis) is 1. The third kappa shape index (κ3) is 11.6. The first kappa shape index (κ1) is 40.5. The van der Waals surface area contributed by atoms with Crippen molar-refractivity contribution in [3.05, 3.63) is 65.3 Å². The number of urea groups is 1. The molecule has 0 spiro atoms. The average Bonchev–Trinajstić information content (AvgIpc) is 3.53.